The molecule has 1 aliphatic carbocycles. The number of rotatable bonds is 5. The summed E-state index contributed by atoms with van der Waals surface area (Å²) in [5, 5.41) is 17.0. The summed E-state index contributed by atoms with van der Waals surface area (Å²) in [6.45, 7) is 3.06. The van der Waals surface area contributed by atoms with E-state index in [9.17, 15) is 28.1 Å². The summed E-state index contributed by atoms with van der Waals surface area (Å²) in [5.74, 6) is -0.573. The fourth-order valence-corrected chi connectivity index (χ4v) is 2.79. The van der Waals surface area contributed by atoms with Gasteiger partial charge in [-0.2, -0.15) is 18.3 Å². The van der Waals surface area contributed by atoms with E-state index in [1.54, 1.807) is 6.92 Å². The molecule has 0 bridgehead atoms. The normalized spacial score (nSPS) is 15.4. The first-order valence-corrected chi connectivity index (χ1v) is 8.30. The van der Waals surface area contributed by atoms with Crippen LogP contribution < -0.4 is 5.32 Å². The predicted octanol–water partition coefficient (Wildman–Crippen LogP) is 4.20. The van der Waals surface area contributed by atoms with Crippen molar-refractivity contribution in [1.29, 1.82) is 0 Å². The number of nitro benzene ring substituents is 1. The van der Waals surface area contributed by atoms with Crippen LogP contribution in [-0.2, 0) is 11.0 Å². The van der Waals surface area contributed by atoms with Gasteiger partial charge < -0.3 is 5.32 Å². The second kappa shape index (κ2) is 6.67. The van der Waals surface area contributed by atoms with Crippen LogP contribution >= 0.6 is 0 Å². The lowest BCUT2D eigenvalue weighted by Gasteiger charge is -2.16. The van der Waals surface area contributed by atoms with E-state index in [1.165, 1.54) is 25.1 Å². The fraction of sp³-hybridized carbons (Fsp3) is 0.412. The highest BCUT2D eigenvalue weighted by Crippen LogP contribution is 2.43. The molecule has 27 heavy (non-hydrogen) atoms. The highest BCUT2D eigenvalue weighted by atomic mass is 19.4. The predicted molar refractivity (Wildman–Crippen MR) is 90.4 cm³/mol. The van der Waals surface area contributed by atoms with Gasteiger partial charge in [0.25, 0.3) is 5.69 Å². The van der Waals surface area contributed by atoms with Crippen LogP contribution in [0.25, 0.3) is 0 Å². The minimum absolute atomic E-state index is 0.0232. The summed E-state index contributed by atoms with van der Waals surface area (Å²) in [7, 11) is 0. The number of carbonyl (C=O) groups excluding carboxylic acids is 1. The van der Waals surface area contributed by atoms with Gasteiger partial charge in [-0.15, -0.1) is 0 Å². The molecule has 1 aliphatic rings. The Labute approximate surface area is 152 Å². The number of nitrogens with zero attached hydrogens (tertiary/aromatic N) is 3. The zero-order valence-corrected chi connectivity index (χ0v) is 14.6. The second-order valence-electron chi connectivity index (χ2n) is 6.59. The number of aromatic nitrogens is 2. The Bertz CT molecular complexity index is 903. The third-order valence-electron chi connectivity index (χ3n) is 4.48. The molecule has 1 amide bonds. The second-order valence-corrected chi connectivity index (χ2v) is 6.59. The monoisotopic (exact) mass is 382 g/mol. The fourth-order valence-electron chi connectivity index (χ4n) is 2.79. The van der Waals surface area contributed by atoms with Crippen molar-refractivity contribution in [3.63, 3.8) is 0 Å². The number of anilines is 1. The maximum atomic E-state index is 13.0. The third-order valence-corrected chi connectivity index (χ3v) is 4.48. The van der Waals surface area contributed by atoms with Crippen LogP contribution in [0.5, 0.6) is 0 Å². The molecule has 0 saturated heterocycles. The van der Waals surface area contributed by atoms with Crippen molar-refractivity contribution in [2.45, 2.75) is 44.8 Å². The molecule has 10 heteroatoms. The van der Waals surface area contributed by atoms with E-state index in [4.69, 9.17) is 0 Å². The summed E-state index contributed by atoms with van der Waals surface area (Å²) in [6, 6.07) is 3.98. The molecule has 3 rings (SSSR count). The molecular weight excluding hydrogens is 365 g/mol. The largest absolute Gasteiger partial charge is 0.435 e. The number of hydrogen-bond donors (Lipinski definition) is 1. The van der Waals surface area contributed by atoms with Gasteiger partial charge in [-0.25, -0.2) is 0 Å². The number of benzene rings is 1. The number of nitro groups is 1. The average molecular weight is 382 g/mol. The van der Waals surface area contributed by atoms with E-state index >= 15 is 0 Å². The molecule has 0 spiro atoms. The zero-order valence-electron chi connectivity index (χ0n) is 14.6. The van der Waals surface area contributed by atoms with Gasteiger partial charge in [0.2, 0.25) is 5.91 Å². The SMILES string of the molecule is Cc1cc([N+](=O)[O-])ccc1NC(=O)C(C)n1nc(C(F)(F)F)cc1C1CC1. The molecule has 1 aromatic heterocycles. The first-order chi connectivity index (χ1) is 12.6. The van der Waals surface area contributed by atoms with Gasteiger partial charge in [0.15, 0.2) is 5.69 Å². The average Bonchev–Trinajstić information content (AvgIpc) is 3.32. The van der Waals surface area contributed by atoms with Crippen LogP contribution in [0, 0.1) is 17.0 Å². The van der Waals surface area contributed by atoms with Crippen molar-refractivity contribution >= 4 is 17.3 Å². The Kier molecular flexibility index (Phi) is 4.66. The summed E-state index contributed by atoms with van der Waals surface area (Å²) in [5.41, 5.74) is 0.0923. The summed E-state index contributed by atoms with van der Waals surface area (Å²) in [4.78, 5) is 22.8. The molecule has 1 aromatic carbocycles. The van der Waals surface area contributed by atoms with Crippen molar-refractivity contribution < 1.29 is 22.9 Å². The van der Waals surface area contributed by atoms with Crippen molar-refractivity contribution in [3.8, 4) is 0 Å². The van der Waals surface area contributed by atoms with E-state index in [2.05, 4.69) is 10.4 Å². The molecule has 0 radical (unpaired) electrons. The van der Waals surface area contributed by atoms with Crippen molar-refractivity contribution in [2.75, 3.05) is 5.32 Å². The van der Waals surface area contributed by atoms with Gasteiger partial charge >= 0.3 is 6.18 Å². The molecule has 1 fully saturated rings. The molecule has 7 nitrogen and oxygen atoms in total. The van der Waals surface area contributed by atoms with Crippen LogP contribution in [0.1, 0.15) is 48.7 Å². The number of carbonyl (C=O) groups is 1. The Balaban J connectivity index is 1.84. The summed E-state index contributed by atoms with van der Waals surface area (Å²) >= 11 is 0. The van der Waals surface area contributed by atoms with Crippen molar-refractivity contribution in [3.05, 3.63) is 51.3 Å². The highest BCUT2D eigenvalue weighted by Gasteiger charge is 2.39. The van der Waals surface area contributed by atoms with Gasteiger partial charge in [0, 0.05) is 29.4 Å². The van der Waals surface area contributed by atoms with E-state index in [0.717, 1.165) is 23.6 Å². The maximum absolute atomic E-state index is 13.0. The van der Waals surface area contributed by atoms with Crippen LogP contribution in [0.2, 0.25) is 0 Å². The molecule has 1 heterocycles. The molecule has 1 saturated carbocycles. The number of nitrogens with one attached hydrogen (secondary N) is 1. The molecule has 1 atom stereocenters. The number of halogens is 3. The minimum Gasteiger partial charge on any atom is -0.324 e. The Morgan fingerprint density at radius 2 is 2.04 bits per heavy atom. The van der Waals surface area contributed by atoms with Gasteiger partial charge in [-0.3, -0.25) is 19.6 Å². The van der Waals surface area contributed by atoms with Gasteiger partial charge in [-0.1, -0.05) is 0 Å². The Morgan fingerprint density at radius 3 is 2.56 bits per heavy atom. The molecule has 1 unspecified atom stereocenters. The molecular formula is C17H17F3N4O3. The van der Waals surface area contributed by atoms with E-state index in [0.29, 0.717) is 16.9 Å². The quantitative estimate of drug-likeness (QED) is 0.620. The number of amides is 1. The third kappa shape index (κ3) is 3.93. The smallest absolute Gasteiger partial charge is 0.324 e. The number of aryl methyl sites for hydroxylation is 1. The van der Waals surface area contributed by atoms with Crippen LogP contribution in [0.3, 0.4) is 0 Å². The molecule has 0 aliphatic heterocycles. The number of alkyl halides is 3. The van der Waals surface area contributed by atoms with Crippen LogP contribution in [-0.4, -0.2) is 20.6 Å². The maximum Gasteiger partial charge on any atom is 0.435 e. The molecule has 1 N–H and O–H groups in total. The lowest BCUT2D eigenvalue weighted by molar-refractivity contribution is -0.384. The Hall–Kier alpha value is -2.91. The first-order valence-electron chi connectivity index (χ1n) is 8.30. The zero-order chi connectivity index (χ0) is 19.9. The molecule has 144 valence electrons. The topological polar surface area (TPSA) is 90.1 Å². The van der Waals surface area contributed by atoms with Crippen molar-refractivity contribution in [1.82, 2.24) is 9.78 Å². The van der Waals surface area contributed by atoms with Crippen LogP contribution in [0.15, 0.2) is 24.3 Å². The standard InChI is InChI=1S/C17H17F3N4O3/c1-9-7-12(24(26)27)5-6-13(9)21-16(25)10(2)23-14(11-3-4-11)8-15(22-23)17(18,19)20/h5-8,10-11H,3-4H2,1-2H3,(H,21,25). The van der Waals surface area contributed by atoms with Crippen molar-refractivity contribution in [2.24, 2.45) is 0 Å². The van der Waals surface area contributed by atoms with E-state index in [1.807, 2.05) is 0 Å². The van der Waals surface area contributed by atoms with E-state index in [-0.39, 0.29) is 11.6 Å². The van der Waals surface area contributed by atoms with Gasteiger partial charge in [0.1, 0.15) is 6.04 Å². The number of hydrogen-bond acceptors (Lipinski definition) is 4. The lowest BCUT2D eigenvalue weighted by Crippen LogP contribution is -2.26. The van der Waals surface area contributed by atoms with Gasteiger partial charge in [0.05, 0.1) is 4.92 Å². The Morgan fingerprint density at radius 1 is 1.37 bits per heavy atom. The summed E-state index contributed by atoms with van der Waals surface area (Å²) in [6.07, 6.45) is -3.06. The number of non-ortho nitro benzene ring substituents is 1. The van der Waals surface area contributed by atoms with Crippen LogP contribution in [0.4, 0.5) is 24.5 Å². The lowest BCUT2D eigenvalue weighted by atomic mass is 10.1. The molecule has 2 aromatic rings. The minimum atomic E-state index is -4.58. The summed E-state index contributed by atoms with van der Waals surface area (Å²) < 4.78 is 40.1. The highest BCUT2D eigenvalue weighted by molar-refractivity contribution is 5.94. The van der Waals surface area contributed by atoms with Gasteiger partial charge in [-0.05, 0) is 44.4 Å². The van der Waals surface area contributed by atoms with E-state index < -0.39 is 28.7 Å². The first kappa shape index (κ1) is 18.9.